The van der Waals surface area contributed by atoms with E-state index < -0.39 is 22.4 Å². The predicted molar refractivity (Wildman–Crippen MR) is 80.9 cm³/mol. The van der Waals surface area contributed by atoms with Gasteiger partial charge in [-0.25, -0.2) is 17.5 Å². The van der Waals surface area contributed by atoms with Gasteiger partial charge in [0.05, 0.1) is 11.5 Å². The van der Waals surface area contributed by atoms with Crippen molar-refractivity contribution < 1.29 is 17.9 Å². The van der Waals surface area contributed by atoms with Gasteiger partial charge in [0, 0.05) is 11.6 Å². The van der Waals surface area contributed by atoms with Crippen molar-refractivity contribution in [3.63, 3.8) is 0 Å². The van der Waals surface area contributed by atoms with Crippen LogP contribution in [0.2, 0.25) is 0 Å². The summed E-state index contributed by atoms with van der Waals surface area (Å²) in [7, 11) is -3.71. The van der Waals surface area contributed by atoms with Gasteiger partial charge in [0.1, 0.15) is 5.82 Å². The zero-order chi connectivity index (χ0) is 16.2. The molecule has 4 nitrogen and oxygen atoms in total. The number of rotatable bonds is 7. The number of benzene rings is 1. The van der Waals surface area contributed by atoms with Gasteiger partial charge in [0.25, 0.3) is 0 Å². The van der Waals surface area contributed by atoms with Crippen LogP contribution in [0.1, 0.15) is 44.7 Å². The summed E-state index contributed by atoms with van der Waals surface area (Å²) in [5.74, 6) is -0.144. The van der Waals surface area contributed by atoms with Gasteiger partial charge in [-0.3, -0.25) is 0 Å². The summed E-state index contributed by atoms with van der Waals surface area (Å²) in [6, 6.07) is 2.26. The Morgan fingerprint density at radius 1 is 1.33 bits per heavy atom. The summed E-state index contributed by atoms with van der Waals surface area (Å²) in [4.78, 5) is -0.0125. The number of aliphatic hydroxyl groups is 1. The van der Waals surface area contributed by atoms with Gasteiger partial charge in [-0.2, -0.15) is 0 Å². The maximum atomic E-state index is 13.7. The fourth-order valence-corrected chi connectivity index (χ4v) is 3.62. The van der Waals surface area contributed by atoms with Crippen LogP contribution in [-0.4, -0.2) is 19.6 Å². The average molecular weight is 317 g/mol. The third kappa shape index (κ3) is 4.76. The normalized spacial score (nSPS) is 15.0. The molecule has 0 radical (unpaired) electrons. The molecule has 0 spiro atoms. The van der Waals surface area contributed by atoms with Crippen LogP contribution in [0, 0.1) is 18.7 Å². The van der Waals surface area contributed by atoms with Crippen LogP contribution in [0.15, 0.2) is 17.0 Å². The van der Waals surface area contributed by atoms with Crippen molar-refractivity contribution in [2.75, 3.05) is 0 Å². The zero-order valence-electron chi connectivity index (χ0n) is 13.0. The topological polar surface area (TPSA) is 66.4 Å². The number of aliphatic hydroxyl groups excluding tert-OH is 1. The van der Waals surface area contributed by atoms with Gasteiger partial charge in [-0.05, 0) is 43.9 Å². The smallest absolute Gasteiger partial charge is 0.240 e. The van der Waals surface area contributed by atoms with Crippen molar-refractivity contribution in [2.45, 2.75) is 58.1 Å². The quantitative estimate of drug-likeness (QED) is 0.812. The molecule has 0 aliphatic heterocycles. The molecule has 0 heterocycles. The first kappa shape index (κ1) is 18.1. The molecule has 1 rings (SSSR count). The predicted octanol–water partition coefficient (Wildman–Crippen LogP) is 2.73. The first-order chi connectivity index (χ1) is 9.71. The molecule has 6 heteroatoms. The van der Waals surface area contributed by atoms with E-state index in [1.54, 1.807) is 0 Å². The Morgan fingerprint density at radius 3 is 2.48 bits per heavy atom. The second-order valence-corrected chi connectivity index (χ2v) is 7.36. The van der Waals surface area contributed by atoms with Crippen LogP contribution in [0.3, 0.4) is 0 Å². The molecule has 0 saturated carbocycles. The third-order valence-corrected chi connectivity index (χ3v) is 5.16. The minimum absolute atomic E-state index is 0.00930. The molecule has 0 aliphatic rings. The average Bonchev–Trinajstić information content (AvgIpc) is 2.40. The molecule has 2 N–H and O–H groups in total. The van der Waals surface area contributed by atoms with Gasteiger partial charge < -0.3 is 5.11 Å². The van der Waals surface area contributed by atoms with Crippen molar-refractivity contribution >= 4 is 10.0 Å². The Kier molecular flexibility index (Phi) is 6.31. The van der Waals surface area contributed by atoms with Crippen LogP contribution in [-0.2, 0) is 16.6 Å². The van der Waals surface area contributed by atoms with Gasteiger partial charge in [-0.15, -0.1) is 0 Å². The van der Waals surface area contributed by atoms with Crippen LogP contribution in [0.5, 0.6) is 0 Å². The molecule has 0 aromatic heterocycles. The molecule has 2 unspecified atom stereocenters. The molecule has 0 saturated heterocycles. The number of sulfonamides is 1. The number of hydrogen-bond acceptors (Lipinski definition) is 3. The highest BCUT2D eigenvalue weighted by molar-refractivity contribution is 7.89. The molecule has 1 aromatic rings. The van der Waals surface area contributed by atoms with E-state index in [9.17, 15) is 12.8 Å². The second-order valence-electron chi connectivity index (χ2n) is 5.64. The first-order valence-electron chi connectivity index (χ1n) is 7.13. The standard InChI is InChI=1S/C15H24FNO3S/c1-5-10(2)6-12(4)17-21(19,20)14-7-11(3)15(16)13(8-14)9-18/h7-8,10,12,17-18H,5-6,9H2,1-4H3. The lowest BCUT2D eigenvalue weighted by atomic mass is 10.0. The van der Waals surface area contributed by atoms with E-state index in [1.807, 2.05) is 6.92 Å². The van der Waals surface area contributed by atoms with Crippen molar-refractivity contribution in [3.8, 4) is 0 Å². The summed E-state index contributed by atoms with van der Waals surface area (Å²) in [6.07, 6.45) is 1.72. The monoisotopic (exact) mass is 317 g/mol. The zero-order valence-corrected chi connectivity index (χ0v) is 13.8. The van der Waals surface area contributed by atoms with Gasteiger partial charge in [0.2, 0.25) is 10.0 Å². The molecule has 2 atom stereocenters. The maximum Gasteiger partial charge on any atom is 0.240 e. The molecule has 0 bridgehead atoms. The molecular weight excluding hydrogens is 293 g/mol. The number of nitrogens with one attached hydrogen (secondary N) is 1. The molecule has 1 aromatic carbocycles. The highest BCUT2D eigenvalue weighted by Crippen LogP contribution is 2.20. The summed E-state index contributed by atoms with van der Waals surface area (Å²) in [5.41, 5.74) is 0.196. The van der Waals surface area contributed by atoms with Gasteiger partial charge in [-0.1, -0.05) is 20.3 Å². The van der Waals surface area contributed by atoms with Gasteiger partial charge in [0.15, 0.2) is 0 Å². The Hall–Kier alpha value is -0.980. The largest absolute Gasteiger partial charge is 0.392 e. The number of hydrogen-bond donors (Lipinski definition) is 2. The van der Waals surface area contributed by atoms with Gasteiger partial charge >= 0.3 is 0 Å². The Bertz CT molecular complexity index is 587. The Labute approximate surface area is 126 Å². The van der Waals surface area contributed by atoms with E-state index in [0.717, 1.165) is 12.8 Å². The lowest BCUT2D eigenvalue weighted by molar-refractivity contribution is 0.275. The summed E-state index contributed by atoms with van der Waals surface area (Å²) < 4.78 is 40.9. The Morgan fingerprint density at radius 2 is 1.95 bits per heavy atom. The third-order valence-electron chi connectivity index (χ3n) is 3.59. The molecule has 0 amide bonds. The van der Waals surface area contributed by atoms with E-state index in [-0.39, 0.29) is 22.1 Å². The van der Waals surface area contributed by atoms with Crippen molar-refractivity contribution in [1.82, 2.24) is 4.72 Å². The van der Waals surface area contributed by atoms with Crippen LogP contribution in [0.25, 0.3) is 0 Å². The van der Waals surface area contributed by atoms with E-state index in [0.29, 0.717) is 5.92 Å². The molecule has 0 fully saturated rings. The van der Waals surface area contributed by atoms with E-state index >= 15 is 0 Å². The Balaban J connectivity index is 3.00. The van der Waals surface area contributed by atoms with Crippen LogP contribution < -0.4 is 4.72 Å². The highest BCUT2D eigenvalue weighted by Gasteiger charge is 2.21. The fourth-order valence-electron chi connectivity index (χ4n) is 2.23. The molecule has 21 heavy (non-hydrogen) atoms. The highest BCUT2D eigenvalue weighted by atomic mass is 32.2. The van der Waals surface area contributed by atoms with Crippen LogP contribution >= 0.6 is 0 Å². The summed E-state index contributed by atoms with van der Waals surface area (Å²) >= 11 is 0. The molecule has 120 valence electrons. The van der Waals surface area contributed by atoms with E-state index in [2.05, 4.69) is 18.6 Å². The lowest BCUT2D eigenvalue weighted by Crippen LogP contribution is -2.33. The van der Waals surface area contributed by atoms with Crippen LogP contribution in [0.4, 0.5) is 4.39 Å². The van der Waals surface area contributed by atoms with E-state index in [4.69, 9.17) is 5.11 Å². The first-order valence-corrected chi connectivity index (χ1v) is 8.61. The molecule has 0 aliphatic carbocycles. The number of halogens is 1. The van der Waals surface area contributed by atoms with Crippen molar-refractivity contribution in [1.29, 1.82) is 0 Å². The van der Waals surface area contributed by atoms with Crippen molar-refractivity contribution in [2.24, 2.45) is 5.92 Å². The summed E-state index contributed by atoms with van der Waals surface area (Å²) in [6.45, 7) is 6.89. The van der Waals surface area contributed by atoms with Crippen molar-refractivity contribution in [3.05, 3.63) is 29.1 Å². The minimum atomic E-state index is -3.71. The summed E-state index contributed by atoms with van der Waals surface area (Å²) in [5, 5.41) is 9.11. The molecular formula is C15H24FNO3S. The fraction of sp³-hybridized carbons (Fsp3) is 0.600. The SMILES string of the molecule is CCC(C)CC(C)NS(=O)(=O)c1cc(C)c(F)c(CO)c1. The maximum absolute atomic E-state index is 13.7. The number of aryl methyl sites for hydroxylation is 1. The second kappa shape index (κ2) is 7.33. The van der Waals surface area contributed by atoms with E-state index in [1.165, 1.54) is 19.1 Å². The lowest BCUT2D eigenvalue weighted by Gasteiger charge is -2.18. The minimum Gasteiger partial charge on any atom is -0.392 e.